The number of rotatable bonds is 6. The summed E-state index contributed by atoms with van der Waals surface area (Å²) in [7, 11) is 1.30. The predicted molar refractivity (Wildman–Crippen MR) is 116 cm³/mol. The summed E-state index contributed by atoms with van der Waals surface area (Å²) in [6.07, 6.45) is 0.597. The highest BCUT2D eigenvalue weighted by Crippen LogP contribution is 2.30. The minimum absolute atomic E-state index is 0.112. The third-order valence-electron chi connectivity index (χ3n) is 5.10. The van der Waals surface area contributed by atoms with E-state index in [-0.39, 0.29) is 17.7 Å². The van der Waals surface area contributed by atoms with Gasteiger partial charge in [0, 0.05) is 16.3 Å². The van der Waals surface area contributed by atoms with Crippen molar-refractivity contribution in [3.05, 3.63) is 76.3 Å². The molecule has 0 saturated heterocycles. The van der Waals surface area contributed by atoms with E-state index in [1.807, 2.05) is 43.3 Å². The Morgan fingerprint density at radius 2 is 1.76 bits per heavy atom. The first-order valence-electron chi connectivity index (χ1n) is 9.26. The summed E-state index contributed by atoms with van der Waals surface area (Å²) < 4.78 is 5.94. The third-order valence-corrected chi connectivity index (χ3v) is 5.63. The van der Waals surface area contributed by atoms with Crippen LogP contribution in [0.3, 0.4) is 0 Å². The SMILES string of the molecule is CCC(Cc1ccc(Br)cc1)(NC(=O)c1ccc2ccccc2c1O)C(=O)OC. The van der Waals surface area contributed by atoms with Crippen molar-refractivity contribution in [3.8, 4) is 5.75 Å². The van der Waals surface area contributed by atoms with Gasteiger partial charge in [-0.15, -0.1) is 0 Å². The van der Waals surface area contributed by atoms with Crippen LogP contribution >= 0.6 is 15.9 Å². The molecule has 1 unspecified atom stereocenters. The molecular formula is C23H22BrNO4. The number of carbonyl (C=O) groups is 2. The third kappa shape index (κ3) is 4.27. The zero-order chi connectivity index (χ0) is 21.0. The monoisotopic (exact) mass is 455 g/mol. The van der Waals surface area contributed by atoms with Crippen LogP contribution in [0.25, 0.3) is 10.8 Å². The van der Waals surface area contributed by atoms with E-state index in [0.29, 0.717) is 11.8 Å². The second-order valence-electron chi connectivity index (χ2n) is 6.87. The van der Waals surface area contributed by atoms with Crippen LogP contribution in [0.4, 0.5) is 0 Å². The maximum atomic E-state index is 13.1. The molecule has 0 fully saturated rings. The van der Waals surface area contributed by atoms with E-state index in [4.69, 9.17) is 4.74 Å². The lowest BCUT2D eigenvalue weighted by Crippen LogP contribution is -2.56. The molecule has 0 aliphatic carbocycles. The summed E-state index contributed by atoms with van der Waals surface area (Å²) in [5.74, 6) is -1.17. The van der Waals surface area contributed by atoms with Gasteiger partial charge in [0.05, 0.1) is 12.7 Å². The van der Waals surface area contributed by atoms with Gasteiger partial charge < -0.3 is 15.2 Å². The molecule has 0 spiro atoms. The van der Waals surface area contributed by atoms with Gasteiger partial charge in [-0.05, 0) is 35.6 Å². The Labute approximate surface area is 177 Å². The number of hydrogen-bond donors (Lipinski definition) is 2. The van der Waals surface area contributed by atoms with E-state index >= 15 is 0 Å². The summed E-state index contributed by atoms with van der Waals surface area (Å²) in [5.41, 5.74) is -0.262. The van der Waals surface area contributed by atoms with E-state index in [2.05, 4.69) is 21.2 Å². The predicted octanol–water partition coefficient (Wildman–Crippen LogP) is 4.60. The molecule has 3 aromatic carbocycles. The Morgan fingerprint density at radius 3 is 2.41 bits per heavy atom. The van der Waals surface area contributed by atoms with Gasteiger partial charge >= 0.3 is 5.97 Å². The Hall–Kier alpha value is -2.86. The topological polar surface area (TPSA) is 75.6 Å². The Bertz CT molecular complexity index is 1050. The molecule has 6 heteroatoms. The smallest absolute Gasteiger partial charge is 0.331 e. The molecule has 0 saturated carbocycles. The van der Waals surface area contributed by atoms with Crippen molar-refractivity contribution < 1.29 is 19.4 Å². The zero-order valence-corrected chi connectivity index (χ0v) is 17.8. The average molecular weight is 456 g/mol. The number of phenolic OH excluding ortho intramolecular Hbond substituents is 1. The van der Waals surface area contributed by atoms with E-state index < -0.39 is 17.4 Å². The van der Waals surface area contributed by atoms with Crippen LogP contribution in [0.5, 0.6) is 5.75 Å². The molecule has 0 aliphatic heterocycles. The second kappa shape index (κ2) is 8.66. The molecule has 0 bridgehead atoms. The van der Waals surface area contributed by atoms with Crippen LogP contribution in [0.2, 0.25) is 0 Å². The number of nitrogens with one attached hydrogen (secondary N) is 1. The number of amides is 1. The first kappa shape index (κ1) is 20.9. The zero-order valence-electron chi connectivity index (χ0n) is 16.2. The first-order chi connectivity index (χ1) is 13.9. The Kier molecular flexibility index (Phi) is 6.23. The minimum Gasteiger partial charge on any atom is -0.506 e. The van der Waals surface area contributed by atoms with Gasteiger partial charge in [-0.1, -0.05) is 65.3 Å². The minimum atomic E-state index is -1.25. The van der Waals surface area contributed by atoms with Crippen molar-refractivity contribution in [3.63, 3.8) is 0 Å². The highest BCUT2D eigenvalue weighted by molar-refractivity contribution is 9.10. The van der Waals surface area contributed by atoms with Gasteiger partial charge in [-0.3, -0.25) is 4.79 Å². The van der Waals surface area contributed by atoms with Crippen LogP contribution in [0.15, 0.2) is 65.1 Å². The van der Waals surface area contributed by atoms with E-state index in [1.54, 1.807) is 24.3 Å². The first-order valence-corrected chi connectivity index (χ1v) is 10.1. The van der Waals surface area contributed by atoms with Crippen LogP contribution in [-0.2, 0) is 16.0 Å². The van der Waals surface area contributed by atoms with Gasteiger partial charge in [-0.25, -0.2) is 4.79 Å². The van der Waals surface area contributed by atoms with Gasteiger partial charge in [0.15, 0.2) is 0 Å². The van der Waals surface area contributed by atoms with E-state index in [9.17, 15) is 14.7 Å². The Balaban J connectivity index is 1.97. The number of halogens is 1. The second-order valence-corrected chi connectivity index (χ2v) is 7.78. The van der Waals surface area contributed by atoms with Crippen molar-refractivity contribution in [2.45, 2.75) is 25.3 Å². The molecule has 3 aromatic rings. The molecule has 0 aromatic heterocycles. The summed E-state index contributed by atoms with van der Waals surface area (Å²) in [6, 6.07) is 18.1. The maximum absolute atomic E-state index is 13.1. The summed E-state index contributed by atoms with van der Waals surface area (Å²) in [6.45, 7) is 1.82. The molecule has 29 heavy (non-hydrogen) atoms. The normalized spacial score (nSPS) is 12.9. The molecule has 0 aliphatic rings. The number of carbonyl (C=O) groups excluding carboxylic acids is 2. The van der Waals surface area contributed by atoms with Crippen LogP contribution in [0.1, 0.15) is 29.3 Å². The van der Waals surface area contributed by atoms with Crippen molar-refractivity contribution in [1.82, 2.24) is 5.32 Å². The molecule has 150 valence electrons. The summed E-state index contributed by atoms with van der Waals surface area (Å²) >= 11 is 3.39. The standard InChI is InChI=1S/C23H22BrNO4/c1-3-23(22(28)29-2,14-15-8-11-17(24)12-9-15)25-21(27)19-13-10-16-6-4-5-7-18(16)20(19)26/h4-13,26H,3,14H2,1-2H3,(H,25,27). The fourth-order valence-electron chi connectivity index (χ4n) is 3.39. The van der Waals surface area contributed by atoms with E-state index in [0.717, 1.165) is 15.4 Å². The number of benzene rings is 3. The lowest BCUT2D eigenvalue weighted by atomic mass is 9.87. The van der Waals surface area contributed by atoms with Gasteiger partial charge in [0.25, 0.3) is 5.91 Å². The van der Waals surface area contributed by atoms with Gasteiger partial charge in [0.2, 0.25) is 0 Å². The van der Waals surface area contributed by atoms with Crippen LogP contribution in [0, 0.1) is 0 Å². The number of esters is 1. The van der Waals surface area contributed by atoms with Crippen molar-refractivity contribution in [1.29, 1.82) is 0 Å². The molecule has 1 atom stereocenters. The Morgan fingerprint density at radius 1 is 1.07 bits per heavy atom. The van der Waals surface area contributed by atoms with Gasteiger partial charge in [-0.2, -0.15) is 0 Å². The molecule has 1 amide bonds. The lowest BCUT2D eigenvalue weighted by Gasteiger charge is -2.31. The highest BCUT2D eigenvalue weighted by atomic mass is 79.9. The van der Waals surface area contributed by atoms with Crippen molar-refractivity contribution in [2.24, 2.45) is 0 Å². The number of hydrogen-bond acceptors (Lipinski definition) is 4. The molecule has 0 radical (unpaired) electrons. The van der Waals surface area contributed by atoms with Crippen molar-refractivity contribution >= 4 is 38.6 Å². The van der Waals surface area contributed by atoms with Crippen LogP contribution in [-0.4, -0.2) is 29.6 Å². The quantitative estimate of drug-likeness (QED) is 0.532. The van der Waals surface area contributed by atoms with Crippen molar-refractivity contribution in [2.75, 3.05) is 7.11 Å². The van der Waals surface area contributed by atoms with Gasteiger partial charge in [0.1, 0.15) is 11.3 Å². The summed E-state index contributed by atoms with van der Waals surface area (Å²) in [4.78, 5) is 25.8. The number of aromatic hydroxyl groups is 1. The summed E-state index contributed by atoms with van der Waals surface area (Å²) in [5, 5.41) is 14.9. The molecule has 5 nitrogen and oxygen atoms in total. The maximum Gasteiger partial charge on any atom is 0.331 e. The fraction of sp³-hybridized carbons (Fsp3) is 0.217. The number of methoxy groups -OCH3 is 1. The number of phenols is 1. The molecule has 3 rings (SSSR count). The number of fused-ring (bicyclic) bond motifs is 1. The highest BCUT2D eigenvalue weighted by Gasteiger charge is 2.40. The van der Waals surface area contributed by atoms with E-state index in [1.165, 1.54) is 7.11 Å². The fourth-order valence-corrected chi connectivity index (χ4v) is 3.66. The molecule has 2 N–H and O–H groups in total. The largest absolute Gasteiger partial charge is 0.506 e. The molecular weight excluding hydrogens is 434 g/mol. The van der Waals surface area contributed by atoms with Crippen LogP contribution < -0.4 is 5.32 Å². The lowest BCUT2D eigenvalue weighted by molar-refractivity contribution is -0.148. The average Bonchev–Trinajstić information content (AvgIpc) is 2.74. The molecule has 0 heterocycles. The number of ether oxygens (including phenoxy) is 1.